The van der Waals surface area contributed by atoms with Crippen molar-refractivity contribution in [2.24, 2.45) is 0 Å². The summed E-state index contributed by atoms with van der Waals surface area (Å²) in [6, 6.07) is 0. The van der Waals surface area contributed by atoms with Gasteiger partial charge in [0.25, 0.3) is 0 Å². The Labute approximate surface area is 112 Å². The lowest BCUT2D eigenvalue weighted by Crippen LogP contribution is -2.11. The fraction of sp³-hybridized carbons (Fsp3) is 0.500. The minimum atomic E-state index is -0.414. The van der Waals surface area contributed by atoms with Crippen LogP contribution in [0.5, 0.6) is 5.75 Å². The van der Waals surface area contributed by atoms with Gasteiger partial charge in [0, 0.05) is 25.6 Å². The lowest BCUT2D eigenvalue weighted by atomic mass is 10.0. The number of carbonyl (C=O) groups is 2. The van der Waals surface area contributed by atoms with Crippen molar-refractivity contribution in [3.63, 3.8) is 0 Å². The van der Waals surface area contributed by atoms with Crippen molar-refractivity contribution in [1.82, 2.24) is 4.98 Å². The summed E-state index contributed by atoms with van der Waals surface area (Å²) in [6.45, 7) is 6.57. The van der Waals surface area contributed by atoms with Gasteiger partial charge < -0.3 is 9.47 Å². The van der Waals surface area contributed by atoms with E-state index < -0.39 is 5.97 Å². The van der Waals surface area contributed by atoms with Crippen LogP contribution in [0, 0.1) is 6.92 Å². The van der Waals surface area contributed by atoms with Crippen LogP contribution in [-0.2, 0) is 27.4 Å². The third kappa shape index (κ3) is 4.35. The van der Waals surface area contributed by atoms with Gasteiger partial charge in [-0.2, -0.15) is 0 Å². The van der Waals surface area contributed by atoms with Crippen LogP contribution >= 0.6 is 0 Å². The van der Waals surface area contributed by atoms with E-state index >= 15 is 0 Å². The smallest absolute Gasteiger partial charge is 0.308 e. The molecule has 5 nitrogen and oxygen atoms in total. The number of pyridine rings is 1. The van der Waals surface area contributed by atoms with E-state index in [2.05, 4.69) is 4.98 Å². The summed E-state index contributed by atoms with van der Waals surface area (Å²) in [6.07, 6.45) is 3.46. The third-order valence-corrected chi connectivity index (χ3v) is 2.59. The highest BCUT2D eigenvalue weighted by molar-refractivity contribution is 5.70. The fourth-order valence-corrected chi connectivity index (χ4v) is 1.77. The van der Waals surface area contributed by atoms with Gasteiger partial charge in [0.15, 0.2) is 5.75 Å². The minimum absolute atomic E-state index is 0.0939. The van der Waals surface area contributed by atoms with Gasteiger partial charge in [-0.05, 0) is 18.9 Å². The standard InChI is InChI=1S/C14H19NO4/c1-5-6-12-7-15-9(2)14(19-11(4)17)13(12)8-18-10(3)16/h7H,5-6,8H2,1-4H3. The van der Waals surface area contributed by atoms with Crippen LogP contribution in [0.4, 0.5) is 0 Å². The molecule has 0 amide bonds. The SMILES string of the molecule is CCCc1cnc(C)c(OC(C)=O)c1COC(C)=O. The molecular formula is C14H19NO4. The number of rotatable bonds is 5. The molecule has 104 valence electrons. The zero-order valence-electron chi connectivity index (χ0n) is 11.8. The molecule has 0 N–H and O–H groups in total. The maximum atomic E-state index is 11.2. The molecule has 5 heteroatoms. The van der Waals surface area contributed by atoms with E-state index in [1.807, 2.05) is 6.92 Å². The van der Waals surface area contributed by atoms with E-state index in [1.54, 1.807) is 13.1 Å². The molecule has 0 fully saturated rings. The molecule has 1 aromatic rings. The quantitative estimate of drug-likeness (QED) is 0.764. The van der Waals surface area contributed by atoms with Crippen molar-refractivity contribution in [3.05, 3.63) is 23.0 Å². The van der Waals surface area contributed by atoms with E-state index in [9.17, 15) is 9.59 Å². The first-order valence-electron chi connectivity index (χ1n) is 6.24. The van der Waals surface area contributed by atoms with Crippen LogP contribution in [0.3, 0.4) is 0 Å². The number of esters is 2. The highest BCUT2D eigenvalue weighted by atomic mass is 16.5. The highest BCUT2D eigenvalue weighted by Crippen LogP contribution is 2.27. The average molecular weight is 265 g/mol. The molecule has 0 saturated heterocycles. The van der Waals surface area contributed by atoms with Crippen molar-refractivity contribution in [3.8, 4) is 5.75 Å². The molecule has 1 rings (SSSR count). The molecule has 0 bridgehead atoms. The number of carbonyl (C=O) groups excluding carboxylic acids is 2. The van der Waals surface area contributed by atoms with E-state index in [1.165, 1.54) is 13.8 Å². The second-order valence-electron chi connectivity index (χ2n) is 4.30. The zero-order valence-corrected chi connectivity index (χ0v) is 11.8. The summed E-state index contributed by atoms with van der Waals surface area (Å²) in [5, 5.41) is 0. The van der Waals surface area contributed by atoms with Crippen LogP contribution in [0.1, 0.15) is 44.0 Å². The highest BCUT2D eigenvalue weighted by Gasteiger charge is 2.16. The molecule has 0 aromatic carbocycles. The number of nitrogens with zero attached hydrogens (tertiary/aromatic N) is 1. The van der Waals surface area contributed by atoms with Crippen molar-refractivity contribution in [1.29, 1.82) is 0 Å². The predicted molar refractivity (Wildman–Crippen MR) is 69.7 cm³/mol. The number of ether oxygens (including phenoxy) is 2. The van der Waals surface area contributed by atoms with Crippen LogP contribution in [0.2, 0.25) is 0 Å². The maximum Gasteiger partial charge on any atom is 0.308 e. The monoisotopic (exact) mass is 265 g/mol. The predicted octanol–water partition coefficient (Wildman–Crippen LogP) is 2.33. The van der Waals surface area contributed by atoms with Crippen molar-refractivity contribution in [2.75, 3.05) is 0 Å². The maximum absolute atomic E-state index is 11.2. The van der Waals surface area contributed by atoms with Gasteiger partial charge in [0.05, 0.1) is 5.69 Å². The zero-order chi connectivity index (χ0) is 14.4. The summed E-state index contributed by atoms with van der Waals surface area (Å²) in [5.41, 5.74) is 2.27. The molecule has 0 radical (unpaired) electrons. The Bertz CT molecular complexity index is 483. The average Bonchev–Trinajstić information content (AvgIpc) is 2.32. The molecule has 0 aliphatic carbocycles. The molecule has 0 aliphatic rings. The van der Waals surface area contributed by atoms with Gasteiger partial charge in [-0.15, -0.1) is 0 Å². The molecule has 19 heavy (non-hydrogen) atoms. The Morgan fingerprint density at radius 3 is 2.47 bits per heavy atom. The first kappa shape index (κ1) is 15.1. The topological polar surface area (TPSA) is 65.5 Å². The van der Waals surface area contributed by atoms with Crippen LogP contribution in [0.15, 0.2) is 6.20 Å². The molecule has 0 unspecified atom stereocenters. The molecule has 0 atom stereocenters. The summed E-state index contributed by atoms with van der Waals surface area (Å²) in [4.78, 5) is 26.3. The number of aryl methyl sites for hydroxylation is 2. The van der Waals surface area contributed by atoms with Crippen molar-refractivity contribution >= 4 is 11.9 Å². The molecule has 0 saturated carbocycles. The number of hydrogen-bond acceptors (Lipinski definition) is 5. The summed E-state index contributed by atoms with van der Waals surface area (Å²) in [7, 11) is 0. The van der Waals surface area contributed by atoms with E-state index in [0.717, 1.165) is 24.0 Å². The van der Waals surface area contributed by atoms with Crippen LogP contribution in [-0.4, -0.2) is 16.9 Å². The Balaban J connectivity index is 3.18. The third-order valence-electron chi connectivity index (χ3n) is 2.59. The molecular weight excluding hydrogens is 246 g/mol. The lowest BCUT2D eigenvalue weighted by molar-refractivity contribution is -0.142. The molecule has 0 aliphatic heterocycles. The van der Waals surface area contributed by atoms with Crippen LogP contribution < -0.4 is 4.74 Å². The Kier molecular flexibility index (Phi) is 5.48. The summed E-state index contributed by atoms with van der Waals surface area (Å²) >= 11 is 0. The molecule has 1 aromatic heterocycles. The fourth-order valence-electron chi connectivity index (χ4n) is 1.77. The van der Waals surface area contributed by atoms with E-state index in [-0.39, 0.29) is 12.6 Å². The lowest BCUT2D eigenvalue weighted by Gasteiger charge is -2.15. The van der Waals surface area contributed by atoms with Gasteiger partial charge in [-0.3, -0.25) is 14.6 Å². The van der Waals surface area contributed by atoms with Gasteiger partial charge in [0.1, 0.15) is 6.61 Å². The molecule has 1 heterocycles. The second kappa shape index (κ2) is 6.87. The van der Waals surface area contributed by atoms with Gasteiger partial charge in [0.2, 0.25) is 0 Å². The summed E-state index contributed by atoms with van der Waals surface area (Å²) < 4.78 is 10.2. The minimum Gasteiger partial charge on any atom is -0.461 e. The van der Waals surface area contributed by atoms with Crippen LogP contribution in [0.25, 0.3) is 0 Å². The van der Waals surface area contributed by atoms with Gasteiger partial charge in [-0.25, -0.2) is 0 Å². The van der Waals surface area contributed by atoms with Crippen molar-refractivity contribution < 1.29 is 19.1 Å². The normalized spacial score (nSPS) is 10.1. The Morgan fingerprint density at radius 2 is 1.95 bits per heavy atom. The van der Waals surface area contributed by atoms with Crippen molar-refractivity contribution in [2.45, 2.75) is 47.1 Å². The van der Waals surface area contributed by atoms with E-state index in [4.69, 9.17) is 9.47 Å². The largest absolute Gasteiger partial charge is 0.461 e. The first-order valence-corrected chi connectivity index (χ1v) is 6.24. The number of aromatic nitrogens is 1. The Hall–Kier alpha value is -1.91. The Morgan fingerprint density at radius 1 is 1.26 bits per heavy atom. The van der Waals surface area contributed by atoms with E-state index in [0.29, 0.717) is 11.4 Å². The summed E-state index contributed by atoms with van der Waals surface area (Å²) in [5.74, 6) is -0.381. The first-order chi connectivity index (χ1) is 8.95. The van der Waals surface area contributed by atoms with Gasteiger partial charge >= 0.3 is 11.9 Å². The number of hydrogen-bond donors (Lipinski definition) is 0. The second-order valence-corrected chi connectivity index (χ2v) is 4.30. The van der Waals surface area contributed by atoms with Gasteiger partial charge in [-0.1, -0.05) is 13.3 Å². The molecule has 0 spiro atoms.